The summed E-state index contributed by atoms with van der Waals surface area (Å²) in [5.41, 5.74) is 0. The lowest BCUT2D eigenvalue weighted by molar-refractivity contribution is -0.132. The van der Waals surface area contributed by atoms with Crippen molar-refractivity contribution in [3.63, 3.8) is 0 Å². The molecule has 0 spiro atoms. The van der Waals surface area contributed by atoms with Crippen LogP contribution in [-0.2, 0) is 4.74 Å². The zero-order chi connectivity index (χ0) is 13.1. The molecule has 0 saturated carbocycles. The van der Waals surface area contributed by atoms with Gasteiger partial charge in [-0.1, -0.05) is 12.8 Å². The van der Waals surface area contributed by atoms with Crippen molar-refractivity contribution in [1.82, 2.24) is 4.90 Å². The largest absolute Gasteiger partial charge is 0.394 e. The van der Waals surface area contributed by atoms with E-state index in [2.05, 4.69) is 0 Å². The molecule has 4 N–H and O–H groups in total. The van der Waals surface area contributed by atoms with Crippen molar-refractivity contribution in [2.45, 2.75) is 56.3 Å². The summed E-state index contributed by atoms with van der Waals surface area (Å²) in [6.45, 7) is 1.18. The number of nitrogens with zero attached hydrogens (tertiary/aromatic N) is 1. The Kier molecular flexibility index (Phi) is 4.94. The Balaban J connectivity index is 1.97. The van der Waals surface area contributed by atoms with E-state index in [9.17, 15) is 15.3 Å². The molecule has 1 unspecified atom stereocenters. The first kappa shape index (κ1) is 14.2. The molecule has 0 aromatic rings. The van der Waals surface area contributed by atoms with Gasteiger partial charge >= 0.3 is 0 Å². The molecular formula is C12H23NO5. The Bertz CT molecular complexity index is 257. The molecule has 2 fully saturated rings. The number of aliphatic hydroxyl groups is 4. The predicted octanol–water partition coefficient (Wildman–Crippen LogP) is -1.34. The second kappa shape index (κ2) is 6.27. The molecule has 0 amide bonds. The van der Waals surface area contributed by atoms with Crippen LogP contribution in [-0.4, -0.2) is 75.7 Å². The quantitative estimate of drug-likeness (QED) is 0.502. The molecule has 2 aliphatic heterocycles. The second-order valence-electron chi connectivity index (χ2n) is 5.17. The van der Waals surface area contributed by atoms with Crippen LogP contribution >= 0.6 is 0 Å². The summed E-state index contributed by atoms with van der Waals surface area (Å²) in [7, 11) is 0. The molecule has 106 valence electrons. The highest BCUT2D eigenvalue weighted by Crippen LogP contribution is 2.26. The fourth-order valence-electron chi connectivity index (χ4n) is 2.74. The molecular weight excluding hydrogens is 238 g/mol. The lowest BCUT2D eigenvalue weighted by Crippen LogP contribution is -2.49. The highest BCUT2D eigenvalue weighted by Gasteiger charge is 2.46. The van der Waals surface area contributed by atoms with E-state index in [1.165, 1.54) is 0 Å². The smallest absolute Gasteiger partial charge is 0.136 e. The maximum Gasteiger partial charge on any atom is 0.136 e. The van der Waals surface area contributed by atoms with Crippen molar-refractivity contribution in [2.24, 2.45) is 0 Å². The van der Waals surface area contributed by atoms with Crippen LogP contribution in [0.2, 0.25) is 0 Å². The van der Waals surface area contributed by atoms with Crippen molar-refractivity contribution < 1.29 is 25.2 Å². The van der Waals surface area contributed by atoms with Crippen LogP contribution in [0.3, 0.4) is 0 Å². The van der Waals surface area contributed by atoms with E-state index in [0.29, 0.717) is 0 Å². The molecule has 6 heteroatoms. The van der Waals surface area contributed by atoms with Crippen molar-refractivity contribution in [3.8, 4) is 0 Å². The van der Waals surface area contributed by atoms with Gasteiger partial charge in [0.15, 0.2) is 0 Å². The van der Waals surface area contributed by atoms with Crippen LogP contribution in [0.15, 0.2) is 0 Å². The lowest BCUT2D eigenvalue weighted by atomic mass is 10.1. The number of likely N-dealkylation sites (tertiary alicyclic amines) is 1. The Morgan fingerprint density at radius 1 is 1.06 bits per heavy atom. The molecule has 5 atom stereocenters. The molecule has 0 radical (unpaired) electrons. The third kappa shape index (κ3) is 2.84. The van der Waals surface area contributed by atoms with Crippen molar-refractivity contribution in [2.75, 3.05) is 19.7 Å². The Morgan fingerprint density at radius 2 is 1.67 bits per heavy atom. The fraction of sp³-hybridized carbons (Fsp3) is 1.00. The van der Waals surface area contributed by atoms with Gasteiger partial charge in [-0.2, -0.15) is 0 Å². The fourth-order valence-corrected chi connectivity index (χ4v) is 2.74. The first-order valence-corrected chi connectivity index (χ1v) is 6.69. The molecule has 2 aliphatic rings. The van der Waals surface area contributed by atoms with Crippen LogP contribution in [0.4, 0.5) is 0 Å². The second-order valence-corrected chi connectivity index (χ2v) is 5.17. The zero-order valence-electron chi connectivity index (χ0n) is 10.5. The predicted molar refractivity (Wildman–Crippen MR) is 63.8 cm³/mol. The summed E-state index contributed by atoms with van der Waals surface area (Å²) in [6.07, 6.45) is -0.538. The van der Waals surface area contributed by atoms with Gasteiger partial charge in [0.2, 0.25) is 0 Å². The minimum Gasteiger partial charge on any atom is -0.394 e. The molecule has 0 aromatic heterocycles. The summed E-state index contributed by atoms with van der Waals surface area (Å²) in [4.78, 5) is 1.88. The Morgan fingerprint density at radius 3 is 2.17 bits per heavy atom. The average Bonchev–Trinajstić information content (AvgIpc) is 2.61. The van der Waals surface area contributed by atoms with E-state index in [1.807, 2.05) is 4.90 Å². The molecule has 18 heavy (non-hydrogen) atoms. The summed E-state index contributed by atoms with van der Waals surface area (Å²) < 4.78 is 5.35. The third-order valence-corrected chi connectivity index (χ3v) is 3.89. The van der Waals surface area contributed by atoms with E-state index in [1.54, 1.807) is 0 Å². The highest BCUT2D eigenvalue weighted by molar-refractivity contribution is 4.93. The van der Waals surface area contributed by atoms with E-state index >= 15 is 0 Å². The van der Waals surface area contributed by atoms with Gasteiger partial charge in [0.25, 0.3) is 0 Å². The summed E-state index contributed by atoms with van der Waals surface area (Å²) in [6, 6.07) is 0. The molecule has 0 aliphatic carbocycles. The van der Waals surface area contributed by atoms with E-state index in [0.717, 1.165) is 38.8 Å². The van der Waals surface area contributed by atoms with Gasteiger partial charge in [0.05, 0.1) is 6.61 Å². The van der Waals surface area contributed by atoms with Crippen LogP contribution in [0.5, 0.6) is 0 Å². The van der Waals surface area contributed by atoms with E-state index in [-0.39, 0.29) is 6.61 Å². The molecule has 6 nitrogen and oxygen atoms in total. The molecule has 2 heterocycles. The van der Waals surface area contributed by atoms with Gasteiger partial charge in [-0.05, 0) is 12.8 Å². The number of ether oxygens (including phenoxy) is 1. The Hall–Kier alpha value is -0.240. The minimum absolute atomic E-state index is 0.360. The minimum atomic E-state index is -1.15. The summed E-state index contributed by atoms with van der Waals surface area (Å²) in [5, 5.41) is 38.8. The number of rotatable bonds is 3. The highest BCUT2D eigenvalue weighted by atomic mass is 16.6. The number of aliphatic hydroxyl groups excluding tert-OH is 4. The molecule has 0 aromatic carbocycles. The standard InChI is InChI=1S/C12H23NO5/c14-7-8-9(15)10(16)11(18-8)12(17)13-5-3-1-2-4-6-13/h8-12,14-17H,1-7H2/t8-,9-,10+,11-,12?/m0/s1. The SMILES string of the molecule is OC[C@@H]1O[C@H](C(O)N2CCCCCC2)[C@H](O)[C@H]1O. The van der Waals surface area contributed by atoms with Crippen LogP contribution in [0, 0.1) is 0 Å². The van der Waals surface area contributed by atoms with E-state index < -0.39 is 30.6 Å². The van der Waals surface area contributed by atoms with Crippen LogP contribution in [0.25, 0.3) is 0 Å². The summed E-state index contributed by atoms with van der Waals surface area (Å²) >= 11 is 0. The van der Waals surface area contributed by atoms with Gasteiger partial charge in [-0.15, -0.1) is 0 Å². The maximum absolute atomic E-state index is 10.2. The van der Waals surface area contributed by atoms with Gasteiger partial charge in [-0.25, -0.2) is 0 Å². The zero-order valence-corrected chi connectivity index (χ0v) is 10.5. The van der Waals surface area contributed by atoms with Crippen LogP contribution < -0.4 is 0 Å². The van der Waals surface area contributed by atoms with Crippen molar-refractivity contribution in [1.29, 1.82) is 0 Å². The van der Waals surface area contributed by atoms with Crippen molar-refractivity contribution >= 4 is 0 Å². The van der Waals surface area contributed by atoms with Gasteiger partial charge in [0.1, 0.15) is 30.6 Å². The van der Waals surface area contributed by atoms with Gasteiger partial charge in [-0.3, -0.25) is 4.90 Å². The normalized spacial score (nSPS) is 40.7. The summed E-state index contributed by atoms with van der Waals surface area (Å²) in [5.74, 6) is 0. The van der Waals surface area contributed by atoms with Crippen molar-refractivity contribution in [3.05, 3.63) is 0 Å². The monoisotopic (exact) mass is 261 g/mol. The van der Waals surface area contributed by atoms with Gasteiger partial charge < -0.3 is 25.2 Å². The average molecular weight is 261 g/mol. The number of hydrogen-bond acceptors (Lipinski definition) is 6. The molecule has 2 saturated heterocycles. The molecule has 0 bridgehead atoms. The maximum atomic E-state index is 10.2. The Labute approximate surface area is 107 Å². The number of hydrogen-bond donors (Lipinski definition) is 4. The first-order valence-electron chi connectivity index (χ1n) is 6.69. The van der Waals surface area contributed by atoms with E-state index in [4.69, 9.17) is 9.84 Å². The van der Waals surface area contributed by atoms with Crippen LogP contribution in [0.1, 0.15) is 25.7 Å². The third-order valence-electron chi connectivity index (χ3n) is 3.89. The molecule has 2 rings (SSSR count). The first-order chi connectivity index (χ1) is 8.65. The lowest BCUT2D eigenvalue weighted by Gasteiger charge is -2.31. The topological polar surface area (TPSA) is 93.4 Å². The van der Waals surface area contributed by atoms with Gasteiger partial charge in [0, 0.05) is 13.1 Å².